The molecular weight excluding hydrogens is 439 g/mol. The maximum atomic E-state index is 13.6. The Morgan fingerprint density at radius 1 is 1.06 bits per heavy atom. The first-order valence-corrected chi connectivity index (χ1v) is 13.1. The Kier molecular flexibility index (Phi) is 8.18. The van der Waals surface area contributed by atoms with Crippen molar-refractivity contribution < 1.29 is 23.6 Å². The summed E-state index contributed by atoms with van der Waals surface area (Å²) < 4.78 is 24.0. The van der Waals surface area contributed by atoms with Gasteiger partial charge in [-0.25, -0.2) is 4.79 Å². The number of benzene rings is 1. The van der Waals surface area contributed by atoms with E-state index in [0.29, 0.717) is 17.8 Å². The predicted octanol–water partition coefficient (Wildman–Crippen LogP) is 6.75. The monoisotopic (exact) mass is 484 g/mol. The van der Waals surface area contributed by atoms with E-state index in [2.05, 4.69) is 32.9 Å². The summed E-state index contributed by atoms with van der Waals surface area (Å²) in [5.41, 5.74) is 1.83. The molecular formula is C29H45BO5. The molecule has 0 spiro atoms. The molecule has 0 aromatic heterocycles. The number of allylic oxidation sites excluding steroid dienone is 1. The van der Waals surface area contributed by atoms with Crippen molar-refractivity contribution in [2.45, 2.75) is 111 Å². The maximum absolute atomic E-state index is 13.6. The van der Waals surface area contributed by atoms with Crippen LogP contribution < -0.4 is 4.74 Å². The summed E-state index contributed by atoms with van der Waals surface area (Å²) >= 11 is 0. The van der Waals surface area contributed by atoms with E-state index < -0.39 is 18.3 Å². The van der Waals surface area contributed by atoms with Crippen LogP contribution in [0, 0.1) is 11.8 Å². The van der Waals surface area contributed by atoms with Gasteiger partial charge in [0, 0.05) is 17.8 Å². The summed E-state index contributed by atoms with van der Waals surface area (Å²) in [6, 6.07) is 8.29. The number of methoxy groups -OCH3 is 1. The lowest BCUT2D eigenvalue weighted by atomic mass is 9.64. The Morgan fingerprint density at radius 2 is 1.63 bits per heavy atom. The molecule has 6 heteroatoms. The fourth-order valence-electron chi connectivity index (χ4n) is 5.43. The summed E-state index contributed by atoms with van der Waals surface area (Å²) in [7, 11) is 1.22. The van der Waals surface area contributed by atoms with Gasteiger partial charge in [0.1, 0.15) is 11.9 Å². The highest BCUT2D eigenvalue weighted by Crippen LogP contribution is 2.44. The third-order valence-electron chi connectivity index (χ3n) is 8.60. The molecule has 0 radical (unpaired) electrons. The van der Waals surface area contributed by atoms with Crippen molar-refractivity contribution in [2.24, 2.45) is 11.8 Å². The first kappa shape index (κ1) is 27.8. The van der Waals surface area contributed by atoms with E-state index in [4.69, 9.17) is 18.8 Å². The van der Waals surface area contributed by atoms with Crippen LogP contribution in [-0.4, -0.2) is 37.5 Å². The topological polar surface area (TPSA) is 54.0 Å². The lowest BCUT2D eigenvalue weighted by Crippen LogP contribution is -2.43. The number of carbonyl (C=O) groups excluding carboxylic acids is 1. The second-order valence-electron chi connectivity index (χ2n) is 12.3. The number of hydrogen-bond donors (Lipinski definition) is 0. The number of carbonyl (C=O) groups is 1. The van der Waals surface area contributed by atoms with Gasteiger partial charge in [-0.1, -0.05) is 44.9 Å². The Balaban J connectivity index is 1.79. The summed E-state index contributed by atoms with van der Waals surface area (Å²) in [6.45, 7) is 18.8. The fourth-order valence-corrected chi connectivity index (χ4v) is 5.43. The van der Waals surface area contributed by atoms with Crippen LogP contribution in [0.5, 0.6) is 5.75 Å². The van der Waals surface area contributed by atoms with Crippen molar-refractivity contribution in [2.75, 3.05) is 7.11 Å². The van der Waals surface area contributed by atoms with Crippen LogP contribution in [-0.2, 0) is 24.3 Å². The molecule has 0 unspecified atom stereocenters. The second kappa shape index (κ2) is 10.3. The predicted molar refractivity (Wildman–Crippen MR) is 142 cm³/mol. The highest BCUT2D eigenvalue weighted by atomic mass is 16.7. The minimum Gasteiger partial charge on any atom is -0.497 e. The normalized spacial score (nSPS) is 25.8. The standard InChI is InChI=1S/C29H45BO5/c1-19(2)23(18-30-34-28(6,7)29(8,9)35-30)26(31)33-25-17-20(3)11-16-24(25)27(4,5)21-12-14-22(32-10)15-13-21/h12-15,20,24-25H,11,16-18H2,1-10H3/t20-,24-,25-/m1/s1. The average molecular weight is 484 g/mol. The molecule has 5 nitrogen and oxygen atoms in total. The van der Waals surface area contributed by atoms with E-state index in [-0.39, 0.29) is 23.4 Å². The van der Waals surface area contributed by atoms with E-state index in [1.54, 1.807) is 7.11 Å². The van der Waals surface area contributed by atoms with Crippen LogP contribution in [0.2, 0.25) is 6.32 Å². The summed E-state index contributed by atoms with van der Waals surface area (Å²) in [5.74, 6) is 1.36. The highest BCUT2D eigenvalue weighted by Gasteiger charge is 2.51. The molecule has 2 aliphatic rings. The van der Waals surface area contributed by atoms with Crippen LogP contribution in [0.4, 0.5) is 0 Å². The minimum atomic E-state index is -0.464. The average Bonchev–Trinajstić information content (AvgIpc) is 2.97. The smallest absolute Gasteiger partial charge is 0.462 e. The summed E-state index contributed by atoms with van der Waals surface area (Å²) in [4.78, 5) is 13.6. The third kappa shape index (κ3) is 5.97. The molecule has 1 heterocycles. The van der Waals surface area contributed by atoms with Gasteiger partial charge in [-0.3, -0.25) is 0 Å². The van der Waals surface area contributed by atoms with Gasteiger partial charge in [0.2, 0.25) is 0 Å². The largest absolute Gasteiger partial charge is 0.497 e. The van der Waals surface area contributed by atoms with Crippen LogP contribution in [0.15, 0.2) is 35.4 Å². The molecule has 194 valence electrons. The molecule has 35 heavy (non-hydrogen) atoms. The van der Waals surface area contributed by atoms with Crippen LogP contribution >= 0.6 is 0 Å². The molecule has 0 amide bonds. The van der Waals surface area contributed by atoms with E-state index in [1.165, 1.54) is 5.56 Å². The Labute approximate surface area is 213 Å². The van der Waals surface area contributed by atoms with E-state index in [1.807, 2.05) is 53.7 Å². The zero-order chi connectivity index (χ0) is 26.2. The number of hydrogen-bond acceptors (Lipinski definition) is 5. The van der Waals surface area contributed by atoms with Gasteiger partial charge < -0.3 is 18.8 Å². The van der Waals surface area contributed by atoms with Crippen molar-refractivity contribution >= 4 is 13.1 Å². The summed E-state index contributed by atoms with van der Waals surface area (Å²) in [5, 5.41) is 0. The van der Waals surface area contributed by atoms with Gasteiger partial charge in [0.25, 0.3) is 0 Å². The Morgan fingerprint density at radius 3 is 2.14 bits per heavy atom. The first-order chi connectivity index (χ1) is 16.2. The first-order valence-electron chi connectivity index (χ1n) is 13.1. The second-order valence-corrected chi connectivity index (χ2v) is 12.3. The number of rotatable bonds is 7. The van der Waals surface area contributed by atoms with Crippen molar-refractivity contribution in [1.29, 1.82) is 0 Å². The maximum Gasteiger partial charge on any atom is 0.462 e. The molecule has 0 N–H and O–H groups in total. The molecule has 1 aromatic carbocycles. The molecule has 1 aliphatic heterocycles. The molecule has 3 atom stereocenters. The number of ether oxygens (including phenoxy) is 2. The Bertz CT molecular complexity index is 911. The fraction of sp³-hybridized carbons (Fsp3) is 0.690. The van der Waals surface area contributed by atoms with Gasteiger partial charge in [-0.2, -0.15) is 0 Å². The molecule has 3 rings (SSSR count). The van der Waals surface area contributed by atoms with E-state index in [0.717, 1.165) is 30.6 Å². The van der Waals surface area contributed by atoms with Gasteiger partial charge >= 0.3 is 13.1 Å². The van der Waals surface area contributed by atoms with E-state index >= 15 is 0 Å². The molecule has 1 aromatic rings. The molecule has 1 saturated heterocycles. The lowest BCUT2D eigenvalue weighted by Gasteiger charge is -2.44. The van der Waals surface area contributed by atoms with Gasteiger partial charge in [0.15, 0.2) is 0 Å². The quantitative estimate of drug-likeness (QED) is 0.243. The van der Waals surface area contributed by atoms with Crippen molar-refractivity contribution in [3.63, 3.8) is 0 Å². The Hall–Kier alpha value is -1.79. The third-order valence-corrected chi connectivity index (χ3v) is 8.60. The molecule has 1 saturated carbocycles. The van der Waals surface area contributed by atoms with Crippen LogP contribution in [0.25, 0.3) is 0 Å². The molecule has 1 aliphatic carbocycles. The van der Waals surface area contributed by atoms with Crippen molar-refractivity contribution in [3.05, 3.63) is 41.0 Å². The summed E-state index contributed by atoms with van der Waals surface area (Å²) in [6.07, 6.45) is 3.29. The van der Waals surface area contributed by atoms with Gasteiger partial charge in [0.05, 0.1) is 18.3 Å². The minimum absolute atomic E-state index is 0.143. The van der Waals surface area contributed by atoms with Crippen molar-refractivity contribution in [3.8, 4) is 5.75 Å². The zero-order valence-corrected chi connectivity index (χ0v) is 23.5. The lowest BCUT2D eigenvalue weighted by molar-refractivity contribution is -0.151. The number of esters is 1. The van der Waals surface area contributed by atoms with E-state index in [9.17, 15) is 4.79 Å². The highest BCUT2D eigenvalue weighted by molar-refractivity contribution is 6.47. The zero-order valence-electron chi connectivity index (χ0n) is 23.5. The van der Waals surface area contributed by atoms with Gasteiger partial charge in [-0.15, -0.1) is 0 Å². The van der Waals surface area contributed by atoms with Crippen LogP contribution in [0.3, 0.4) is 0 Å². The molecule has 0 bridgehead atoms. The molecule has 2 fully saturated rings. The van der Waals surface area contributed by atoms with Gasteiger partial charge in [-0.05, 0) is 83.4 Å². The van der Waals surface area contributed by atoms with Crippen molar-refractivity contribution in [1.82, 2.24) is 0 Å². The van der Waals surface area contributed by atoms with Crippen LogP contribution in [0.1, 0.15) is 87.1 Å². The SMILES string of the molecule is COc1ccc(C(C)(C)[C@@H]2CC[C@@H](C)C[C@H]2OC(=O)C(CB2OC(C)(C)C(C)(C)O2)=C(C)C)cc1.